The third kappa shape index (κ3) is 3.85. The number of amides is 2. The summed E-state index contributed by atoms with van der Waals surface area (Å²) in [6, 6.07) is 12.0. The minimum absolute atomic E-state index is 0.0257. The lowest BCUT2D eigenvalue weighted by molar-refractivity contribution is 0.209. The summed E-state index contributed by atoms with van der Waals surface area (Å²) in [5, 5.41) is 0. The number of rotatable bonds is 5. The third-order valence-corrected chi connectivity index (χ3v) is 3.67. The number of carbonyl (C=O) groups is 1. The second kappa shape index (κ2) is 7.59. The summed E-state index contributed by atoms with van der Waals surface area (Å²) in [4.78, 5) is 20.6. The Kier molecular flexibility index (Phi) is 5.53. The van der Waals surface area contributed by atoms with E-state index >= 15 is 0 Å². The Morgan fingerprint density at radius 2 is 1.77 bits per heavy atom. The van der Waals surface area contributed by atoms with E-state index in [0.717, 1.165) is 11.3 Å². The molecule has 2 aromatic rings. The summed E-state index contributed by atoms with van der Waals surface area (Å²) in [5.41, 5.74) is 3.11. The first-order valence-corrected chi connectivity index (χ1v) is 7.67. The summed E-state index contributed by atoms with van der Waals surface area (Å²) in [6.07, 6.45) is 3.54. The van der Waals surface area contributed by atoms with Gasteiger partial charge in [-0.25, -0.2) is 4.79 Å². The minimum Gasteiger partial charge on any atom is -0.325 e. The van der Waals surface area contributed by atoms with Crippen LogP contribution in [0.15, 0.2) is 48.8 Å². The topological polar surface area (TPSA) is 36.4 Å². The van der Waals surface area contributed by atoms with Crippen molar-refractivity contribution in [3.05, 3.63) is 59.9 Å². The number of carbonyl (C=O) groups excluding carboxylic acids is 1. The van der Waals surface area contributed by atoms with Crippen LogP contribution in [0.1, 0.15) is 25.0 Å². The van der Waals surface area contributed by atoms with E-state index in [2.05, 4.69) is 4.98 Å². The molecule has 0 aliphatic heterocycles. The van der Waals surface area contributed by atoms with Gasteiger partial charge < -0.3 is 4.90 Å². The van der Waals surface area contributed by atoms with Gasteiger partial charge in [0.1, 0.15) is 0 Å². The highest BCUT2D eigenvalue weighted by Crippen LogP contribution is 2.19. The Morgan fingerprint density at radius 3 is 2.32 bits per heavy atom. The molecule has 2 amide bonds. The van der Waals surface area contributed by atoms with Gasteiger partial charge in [0, 0.05) is 31.2 Å². The Bertz CT molecular complexity index is 591. The normalized spacial score (nSPS) is 10.3. The molecular weight excluding hydrogens is 274 g/mol. The molecule has 116 valence electrons. The van der Waals surface area contributed by atoms with Crippen LogP contribution in [-0.2, 0) is 6.54 Å². The fourth-order valence-electron chi connectivity index (χ4n) is 2.33. The number of pyridine rings is 1. The summed E-state index contributed by atoms with van der Waals surface area (Å²) in [6.45, 7) is 7.96. The number of nitrogens with zero attached hydrogens (tertiary/aromatic N) is 3. The molecule has 1 aromatic carbocycles. The maximum Gasteiger partial charge on any atom is 0.324 e. The average molecular weight is 297 g/mol. The molecule has 0 fully saturated rings. The molecule has 0 saturated heterocycles. The molecule has 4 nitrogen and oxygen atoms in total. The number of anilines is 1. The van der Waals surface area contributed by atoms with Crippen LogP contribution in [0.2, 0.25) is 0 Å². The second-order valence-electron chi connectivity index (χ2n) is 5.24. The van der Waals surface area contributed by atoms with Crippen LogP contribution >= 0.6 is 0 Å². The Hall–Kier alpha value is -2.36. The minimum atomic E-state index is 0.0257. The van der Waals surface area contributed by atoms with E-state index in [1.807, 2.05) is 67.0 Å². The van der Waals surface area contributed by atoms with E-state index in [0.29, 0.717) is 19.6 Å². The standard InChI is InChI=1S/C18H23N3O/c1-4-20(5-2)18(22)21(14-16-7-6-12-19-13-16)17-10-8-15(3)9-11-17/h6-13H,4-5,14H2,1-3H3. The van der Waals surface area contributed by atoms with Crippen molar-refractivity contribution < 1.29 is 4.79 Å². The van der Waals surface area contributed by atoms with Gasteiger partial charge in [0.15, 0.2) is 0 Å². The second-order valence-corrected chi connectivity index (χ2v) is 5.24. The Morgan fingerprint density at radius 1 is 1.09 bits per heavy atom. The van der Waals surface area contributed by atoms with Crippen molar-refractivity contribution in [2.45, 2.75) is 27.3 Å². The molecule has 0 saturated carbocycles. The molecule has 1 heterocycles. The van der Waals surface area contributed by atoms with E-state index in [-0.39, 0.29) is 6.03 Å². The highest BCUT2D eigenvalue weighted by Gasteiger charge is 2.20. The molecule has 0 radical (unpaired) electrons. The lowest BCUT2D eigenvalue weighted by Gasteiger charge is -2.29. The molecule has 0 aliphatic carbocycles. The highest BCUT2D eigenvalue weighted by molar-refractivity contribution is 5.91. The monoisotopic (exact) mass is 297 g/mol. The predicted octanol–water partition coefficient (Wildman–Crippen LogP) is 3.86. The van der Waals surface area contributed by atoms with E-state index in [9.17, 15) is 4.79 Å². The third-order valence-electron chi connectivity index (χ3n) is 3.67. The van der Waals surface area contributed by atoms with Crippen LogP contribution in [0, 0.1) is 6.92 Å². The zero-order valence-corrected chi connectivity index (χ0v) is 13.5. The molecule has 0 N–H and O–H groups in total. The van der Waals surface area contributed by atoms with Crippen LogP contribution in [0.4, 0.5) is 10.5 Å². The lowest BCUT2D eigenvalue weighted by atomic mass is 10.2. The quantitative estimate of drug-likeness (QED) is 0.840. The van der Waals surface area contributed by atoms with Gasteiger partial charge >= 0.3 is 6.03 Å². The van der Waals surface area contributed by atoms with Crippen LogP contribution < -0.4 is 4.90 Å². The molecule has 22 heavy (non-hydrogen) atoms. The van der Waals surface area contributed by atoms with E-state index in [1.165, 1.54) is 5.56 Å². The first-order valence-electron chi connectivity index (χ1n) is 7.67. The number of benzene rings is 1. The first kappa shape index (κ1) is 16.0. The van der Waals surface area contributed by atoms with E-state index in [4.69, 9.17) is 0 Å². The maximum absolute atomic E-state index is 12.8. The number of hydrogen-bond donors (Lipinski definition) is 0. The van der Waals surface area contributed by atoms with Gasteiger partial charge in [0.2, 0.25) is 0 Å². The van der Waals surface area contributed by atoms with Gasteiger partial charge in [-0.1, -0.05) is 23.8 Å². The molecule has 0 spiro atoms. The smallest absolute Gasteiger partial charge is 0.324 e. The number of hydrogen-bond acceptors (Lipinski definition) is 2. The van der Waals surface area contributed by atoms with Crippen molar-refractivity contribution in [3.63, 3.8) is 0 Å². The van der Waals surface area contributed by atoms with Crippen molar-refractivity contribution in [3.8, 4) is 0 Å². The Balaban J connectivity index is 2.31. The van der Waals surface area contributed by atoms with Crippen molar-refractivity contribution in [2.75, 3.05) is 18.0 Å². The summed E-state index contributed by atoms with van der Waals surface area (Å²) < 4.78 is 0. The largest absolute Gasteiger partial charge is 0.325 e. The lowest BCUT2D eigenvalue weighted by Crippen LogP contribution is -2.42. The molecule has 0 aliphatic rings. The van der Waals surface area contributed by atoms with Crippen molar-refractivity contribution in [1.82, 2.24) is 9.88 Å². The molecule has 2 rings (SSSR count). The maximum atomic E-state index is 12.8. The van der Waals surface area contributed by atoms with E-state index < -0.39 is 0 Å². The molecule has 0 bridgehead atoms. The molecular formula is C18H23N3O. The molecule has 0 unspecified atom stereocenters. The van der Waals surface area contributed by atoms with Crippen LogP contribution in [0.5, 0.6) is 0 Å². The average Bonchev–Trinajstić information content (AvgIpc) is 2.55. The Labute approximate surface area is 132 Å². The number of aryl methyl sites for hydroxylation is 1. The van der Waals surface area contributed by atoms with Crippen molar-refractivity contribution in [1.29, 1.82) is 0 Å². The summed E-state index contributed by atoms with van der Waals surface area (Å²) in [5.74, 6) is 0. The van der Waals surface area contributed by atoms with Gasteiger partial charge in [-0.15, -0.1) is 0 Å². The molecule has 0 atom stereocenters. The van der Waals surface area contributed by atoms with Crippen LogP contribution in [0.3, 0.4) is 0 Å². The summed E-state index contributed by atoms with van der Waals surface area (Å²) >= 11 is 0. The zero-order chi connectivity index (χ0) is 15.9. The fourth-order valence-corrected chi connectivity index (χ4v) is 2.33. The number of aromatic nitrogens is 1. The van der Waals surface area contributed by atoms with Crippen molar-refractivity contribution >= 4 is 11.7 Å². The summed E-state index contributed by atoms with van der Waals surface area (Å²) in [7, 11) is 0. The predicted molar refractivity (Wildman–Crippen MR) is 89.9 cm³/mol. The fraction of sp³-hybridized carbons (Fsp3) is 0.333. The van der Waals surface area contributed by atoms with Crippen LogP contribution in [0.25, 0.3) is 0 Å². The van der Waals surface area contributed by atoms with Gasteiger partial charge in [0.05, 0.1) is 6.54 Å². The SMILES string of the molecule is CCN(CC)C(=O)N(Cc1cccnc1)c1ccc(C)cc1. The van der Waals surface area contributed by atoms with Gasteiger partial charge in [-0.3, -0.25) is 9.88 Å². The number of urea groups is 1. The molecule has 1 aromatic heterocycles. The first-order chi connectivity index (χ1) is 10.7. The van der Waals surface area contributed by atoms with Crippen molar-refractivity contribution in [2.24, 2.45) is 0 Å². The zero-order valence-electron chi connectivity index (χ0n) is 13.5. The van der Waals surface area contributed by atoms with Gasteiger partial charge in [-0.2, -0.15) is 0 Å². The van der Waals surface area contributed by atoms with E-state index in [1.54, 1.807) is 12.4 Å². The van der Waals surface area contributed by atoms with Crippen LogP contribution in [-0.4, -0.2) is 29.0 Å². The highest BCUT2D eigenvalue weighted by atomic mass is 16.2. The van der Waals surface area contributed by atoms with Gasteiger partial charge in [-0.05, 0) is 44.5 Å². The van der Waals surface area contributed by atoms with Gasteiger partial charge in [0.25, 0.3) is 0 Å². The molecule has 4 heteroatoms.